The minimum atomic E-state index is -0.309. The van der Waals surface area contributed by atoms with Gasteiger partial charge in [-0.3, -0.25) is 4.79 Å². The van der Waals surface area contributed by atoms with E-state index in [1.54, 1.807) is 6.07 Å². The summed E-state index contributed by atoms with van der Waals surface area (Å²) in [5.41, 5.74) is 0.593. The van der Waals surface area contributed by atoms with Gasteiger partial charge in [0.15, 0.2) is 0 Å². The molecule has 1 saturated heterocycles. The van der Waals surface area contributed by atoms with Gasteiger partial charge in [-0.05, 0) is 24.7 Å². The number of hydrogen-bond donors (Lipinski definition) is 1. The Kier molecular flexibility index (Phi) is 3.13. The van der Waals surface area contributed by atoms with E-state index < -0.39 is 0 Å². The van der Waals surface area contributed by atoms with Crippen molar-refractivity contribution in [2.24, 2.45) is 0 Å². The summed E-state index contributed by atoms with van der Waals surface area (Å²) in [5, 5.41) is 7.07. The molecule has 2 heterocycles. The molecule has 14 heavy (non-hydrogen) atoms. The largest absolute Gasteiger partial charge is 0.282 e. The van der Waals surface area contributed by atoms with E-state index in [9.17, 15) is 4.79 Å². The number of halogens is 1. The smallest absolute Gasteiger partial charge is 0.266 e. The van der Waals surface area contributed by atoms with Gasteiger partial charge in [-0.15, -0.1) is 0 Å². The second kappa shape index (κ2) is 4.36. The van der Waals surface area contributed by atoms with Crippen LogP contribution in [0.25, 0.3) is 0 Å². The minimum absolute atomic E-state index is 0.237. The first kappa shape index (κ1) is 10.1. The van der Waals surface area contributed by atoms with Gasteiger partial charge in [0, 0.05) is 5.25 Å². The van der Waals surface area contributed by atoms with Crippen LogP contribution in [0.2, 0.25) is 5.02 Å². The molecule has 0 aliphatic carbocycles. The SMILES string of the molecule is O=c1[nH]nc(C2CCCCS2)cc1Cl. The highest BCUT2D eigenvalue weighted by atomic mass is 35.5. The average molecular weight is 231 g/mol. The third-order valence-corrected chi connectivity index (χ3v) is 3.97. The zero-order chi connectivity index (χ0) is 9.97. The van der Waals surface area contributed by atoms with Gasteiger partial charge in [-0.2, -0.15) is 16.9 Å². The van der Waals surface area contributed by atoms with Crippen molar-refractivity contribution in [2.75, 3.05) is 5.75 Å². The van der Waals surface area contributed by atoms with E-state index in [2.05, 4.69) is 10.2 Å². The summed E-state index contributed by atoms with van der Waals surface area (Å²) in [4.78, 5) is 11.0. The normalized spacial score (nSPS) is 22.2. The van der Waals surface area contributed by atoms with E-state index in [-0.39, 0.29) is 10.6 Å². The fourth-order valence-electron chi connectivity index (χ4n) is 1.54. The van der Waals surface area contributed by atoms with Crippen molar-refractivity contribution in [3.63, 3.8) is 0 Å². The van der Waals surface area contributed by atoms with Crippen LogP contribution in [0.15, 0.2) is 10.9 Å². The number of thioether (sulfide) groups is 1. The van der Waals surface area contributed by atoms with Gasteiger partial charge in [0.1, 0.15) is 5.02 Å². The Bertz CT molecular complexity index is 373. The molecule has 1 aromatic heterocycles. The lowest BCUT2D eigenvalue weighted by atomic mass is 10.1. The molecule has 1 atom stereocenters. The molecule has 1 aliphatic rings. The zero-order valence-corrected chi connectivity index (χ0v) is 9.20. The Balaban J connectivity index is 2.22. The molecule has 0 radical (unpaired) electrons. The highest BCUT2D eigenvalue weighted by Gasteiger charge is 2.18. The highest BCUT2D eigenvalue weighted by Crippen LogP contribution is 2.37. The van der Waals surface area contributed by atoms with Gasteiger partial charge in [-0.25, -0.2) is 5.10 Å². The molecule has 1 unspecified atom stereocenters. The van der Waals surface area contributed by atoms with Crippen molar-refractivity contribution in [1.29, 1.82) is 0 Å². The van der Waals surface area contributed by atoms with Crippen LogP contribution in [0.1, 0.15) is 30.2 Å². The Morgan fingerprint density at radius 3 is 3.07 bits per heavy atom. The third kappa shape index (κ3) is 2.12. The molecule has 1 fully saturated rings. The first-order valence-corrected chi connectivity index (χ1v) is 6.07. The molecule has 1 aliphatic heterocycles. The van der Waals surface area contributed by atoms with Gasteiger partial charge in [-0.1, -0.05) is 18.0 Å². The number of rotatable bonds is 1. The maximum atomic E-state index is 11.0. The Hall–Kier alpha value is -0.480. The summed E-state index contributed by atoms with van der Waals surface area (Å²) >= 11 is 7.63. The van der Waals surface area contributed by atoms with Crippen molar-refractivity contribution in [3.05, 3.63) is 27.1 Å². The monoisotopic (exact) mass is 230 g/mol. The molecule has 1 aromatic rings. The summed E-state index contributed by atoms with van der Waals surface area (Å²) in [6.45, 7) is 0. The van der Waals surface area contributed by atoms with Crippen LogP contribution in [0.3, 0.4) is 0 Å². The van der Waals surface area contributed by atoms with Gasteiger partial charge in [0.05, 0.1) is 5.69 Å². The molecule has 0 amide bonds. The van der Waals surface area contributed by atoms with Crippen LogP contribution < -0.4 is 5.56 Å². The van der Waals surface area contributed by atoms with E-state index in [0.29, 0.717) is 5.25 Å². The molecule has 1 N–H and O–H groups in total. The summed E-state index contributed by atoms with van der Waals surface area (Å²) < 4.78 is 0. The molecule has 0 bridgehead atoms. The molecular formula is C9H11ClN2OS. The summed E-state index contributed by atoms with van der Waals surface area (Å²) in [6, 6.07) is 1.68. The molecule has 76 valence electrons. The molecule has 0 saturated carbocycles. The quantitative estimate of drug-likeness (QED) is 0.806. The van der Waals surface area contributed by atoms with Gasteiger partial charge < -0.3 is 0 Å². The maximum Gasteiger partial charge on any atom is 0.282 e. The van der Waals surface area contributed by atoms with Crippen LogP contribution in [-0.2, 0) is 0 Å². The summed E-state index contributed by atoms with van der Waals surface area (Å²) in [5.74, 6) is 1.17. The Morgan fingerprint density at radius 2 is 2.43 bits per heavy atom. The van der Waals surface area contributed by atoms with Crippen molar-refractivity contribution < 1.29 is 0 Å². The lowest BCUT2D eigenvalue weighted by molar-refractivity contribution is 0.667. The molecule has 0 spiro atoms. The predicted octanol–water partition coefficient (Wildman–Crippen LogP) is 2.38. The first-order valence-electron chi connectivity index (χ1n) is 4.64. The first-order chi connectivity index (χ1) is 6.77. The summed E-state index contributed by atoms with van der Waals surface area (Å²) in [7, 11) is 0. The van der Waals surface area contributed by atoms with Crippen molar-refractivity contribution in [3.8, 4) is 0 Å². The summed E-state index contributed by atoms with van der Waals surface area (Å²) in [6.07, 6.45) is 3.63. The maximum absolute atomic E-state index is 11.0. The number of hydrogen-bond acceptors (Lipinski definition) is 3. The minimum Gasteiger partial charge on any atom is -0.266 e. The van der Waals surface area contributed by atoms with E-state index in [4.69, 9.17) is 11.6 Å². The number of H-pyrrole nitrogens is 1. The molecule has 2 rings (SSSR count). The van der Waals surface area contributed by atoms with Gasteiger partial charge >= 0.3 is 0 Å². The second-order valence-corrected chi connectivity index (χ2v) is 5.04. The number of aromatic nitrogens is 2. The van der Waals surface area contributed by atoms with Crippen molar-refractivity contribution in [1.82, 2.24) is 10.2 Å². The van der Waals surface area contributed by atoms with Crippen LogP contribution >= 0.6 is 23.4 Å². The predicted molar refractivity (Wildman–Crippen MR) is 58.9 cm³/mol. The van der Waals surface area contributed by atoms with Crippen molar-refractivity contribution in [2.45, 2.75) is 24.5 Å². The van der Waals surface area contributed by atoms with E-state index in [0.717, 1.165) is 12.1 Å². The number of nitrogens with zero attached hydrogens (tertiary/aromatic N) is 1. The van der Waals surface area contributed by atoms with E-state index >= 15 is 0 Å². The lowest BCUT2D eigenvalue weighted by Gasteiger charge is -2.20. The third-order valence-electron chi connectivity index (χ3n) is 2.29. The van der Waals surface area contributed by atoms with Crippen LogP contribution in [0, 0.1) is 0 Å². The highest BCUT2D eigenvalue weighted by molar-refractivity contribution is 7.99. The lowest BCUT2D eigenvalue weighted by Crippen LogP contribution is -2.13. The fourth-order valence-corrected chi connectivity index (χ4v) is 2.97. The van der Waals surface area contributed by atoms with E-state index in [1.807, 2.05) is 11.8 Å². The molecular weight excluding hydrogens is 220 g/mol. The second-order valence-electron chi connectivity index (χ2n) is 3.33. The topological polar surface area (TPSA) is 45.8 Å². The number of aromatic amines is 1. The van der Waals surface area contributed by atoms with Crippen molar-refractivity contribution >= 4 is 23.4 Å². The van der Waals surface area contributed by atoms with Gasteiger partial charge in [0.2, 0.25) is 0 Å². The fraction of sp³-hybridized carbons (Fsp3) is 0.556. The number of nitrogens with one attached hydrogen (secondary N) is 1. The zero-order valence-electron chi connectivity index (χ0n) is 7.62. The molecule has 5 heteroatoms. The van der Waals surface area contributed by atoms with Crippen LogP contribution in [-0.4, -0.2) is 16.0 Å². The standard InChI is InChI=1S/C9H11ClN2OS/c10-6-5-7(11-12-9(6)13)8-3-1-2-4-14-8/h5,8H,1-4H2,(H,12,13). The Morgan fingerprint density at radius 1 is 1.57 bits per heavy atom. The van der Waals surface area contributed by atoms with E-state index in [1.165, 1.54) is 18.6 Å². The molecule has 3 nitrogen and oxygen atoms in total. The van der Waals surface area contributed by atoms with Crippen LogP contribution in [0.5, 0.6) is 0 Å². The average Bonchev–Trinajstić information content (AvgIpc) is 2.23. The van der Waals surface area contributed by atoms with Crippen LogP contribution in [0.4, 0.5) is 0 Å². The van der Waals surface area contributed by atoms with Gasteiger partial charge in [0.25, 0.3) is 5.56 Å². The Labute approximate surface area is 91.2 Å². The molecule has 0 aromatic carbocycles.